The second-order valence-electron chi connectivity index (χ2n) is 6.47. The van der Waals surface area contributed by atoms with E-state index in [9.17, 15) is 4.39 Å². The number of anilines is 2. The van der Waals surface area contributed by atoms with Crippen molar-refractivity contribution in [2.75, 3.05) is 42.6 Å². The van der Waals surface area contributed by atoms with E-state index in [4.69, 9.17) is 4.74 Å². The quantitative estimate of drug-likeness (QED) is 0.847. The minimum absolute atomic E-state index is 0.271. The highest BCUT2D eigenvalue weighted by molar-refractivity contribution is 5.43. The Kier molecular flexibility index (Phi) is 4.06. The van der Waals surface area contributed by atoms with E-state index >= 15 is 0 Å². The Bertz CT molecular complexity index is 694. The average molecular weight is 328 g/mol. The summed E-state index contributed by atoms with van der Waals surface area (Å²) in [4.78, 5) is 13.0. The Morgan fingerprint density at radius 1 is 1.00 bits per heavy atom. The molecule has 0 saturated carbocycles. The van der Waals surface area contributed by atoms with Crippen LogP contribution in [0, 0.1) is 5.82 Å². The molecule has 0 amide bonds. The average Bonchev–Trinajstić information content (AvgIpc) is 2.63. The fourth-order valence-corrected chi connectivity index (χ4v) is 3.72. The molecule has 0 bridgehead atoms. The zero-order valence-corrected chi connectivity index (χ0v) is 13.6. The van der Waals surface area contributed by atoms with Crippen LogP contribution in [0.1, 0.15) is 12.8 Å². The number of morpholine rings is 1. The van der Waals surface area contributed by atoms with Crippen molar-refractivity contribution in [1.29, 1.82) is 0 Å². The Morgan fingerprint density at radius 2 is 1.88 bits per heavy atom. The van der Waals surface area contributed by atoms with Crippen molar-refractivity contribution in [3.05, 3.63) is 48.5 Å². The minimum Gasteiger partial charge on any atom is -0.369 e. The van der Waals surface area contributed by atoms with Crippen LogP contribution in [0.25, 0.3) is 0 Å². The lowest BCUT2D eigenvalue weighted by atomic mass is 9.90. The topological polar surface area (TPSA) is 41.5 Å². The fourth-order valence-electron chi connectivity index (χ4n) is 3.72. The second-order valence-corrected chi connectivity index (χ2v) is 6.47. The molecule has 1 spiro atoms. The maximum atomic E-state index is 14.1. The van der Waals surface area contributed by atoms with E-state index in [1.807, 2.05) is 29.3 Å². The van der Waals surface area contributed by atoms with E-state index < -0.39 is 0 Å². The van der Waals surface area contributed by atoms with Gasteiger partial charge in [0.1, 0.15) is 11.4 Å². The summed E-state index contributed by atoms with van der Waals surface area (Å²) in [5, 5.41) is 0. The monoisotopic (exact) mass is 328 g/mol. The molecule has 0 aromatic carbocycles. The van der Waals surface area contributed by atoms with E-state index in [1.165, 1.54) is 6.07 Å². The standard InChI is InChI=1S/C18H21FN4O/c19-15-5-3-9-21-17(15)23-10-4-7-18(14-23)13-22(11-12-24-18)16-6-1-2-8-20-16/h1-3,5-6,8-9H,4,7,10-14H2/t18-/m0/s1. The van der Waals surface area contributed by atoms with Crippen LogP contribution in [0.4, 0.5) is 16.0 Å². The molecular weight excluding hydrogens is 307 g/mol. The molecule has 2 aliphatic heterocycles. The van der Waals surface area contributed by atoms with Crippen molar-refractivity contribution in [3.8, 4) is 0 Å². The summed E-state index contributed by atoms with van der Waals surface area (Å²) in [6.45, 7) is 3.73. The molecule has 0 unspecified atom stereocenters. The van der Waals surface area contributed by atoms with E-state index in [0.717, 1.165) is 38.3 Å². The zero-order chi connectivity index (χ0) is 16.4. The van der Waals surface area contributed by atoms with E-state index in [1.54, 1.807) is 12.3 Å². The number of halogens is 1. The van der Waals surface area contributed by atoms with Gasteiger partial charge in [0.25, 0.3) is 0 Å². The molecule has 2 aliphatic rings. The number of ether oxygens (including phenoxy) is 1. The van der Waals surface area contributed by atoms with Crippen LogP contribution in [-0.2, 0) is 4.74 Å². The number of pyridine rings is 2. The Morgan fingerprint density at radius 3 is 2.71 bits per heavy atom. The summed E-state index contributed by atoms with van der Waals surface area (Å²) in [5.74, 6) is 1.13. The molecule has 1 atom stereocenters. The van der Waals surface area contributed by atoms with Gasteiger partial charge >= 0.3 is 0 Å². The highest BCUT2D eigenvalue weighted by Crippen LogP contribution is 2.32. The lowest BCUT2D eigenvalue weighted by Crippen LogP contribution is -2.60. The van der Waals surface area contributed by atoms with Gasteiger partial charge in [0.05, 0.1) is 19.7 Å². The molecule has 6 heteroatoms. The van der Waals surface area contributed by atoms with Gasteiger partial charge in [-0.2, -0.15) is 0 Å². The number of aromatic nitrogens is 2. The van der Waals surface area contributed by atoms with Crippen LogP contribution in [-0.4, -0.2) is 48.4 Å². The molecule has 0 N–H and O–H groups in total. The molecular formula is C18H21FN4O. The van der Waals surface area contributed by atoms with Crippen LogP contribution in [0.3, 0.4) is 0 Å². The Labute approximate surface area is 141 Å². The van der Waals surface area contributed by atoms with Crippen LogP contribution in [0.5, 0.6) is 0 Å². The van der Waals surface area contributed by atoms with Gasteiger partial charge in [-0.05, 0) is 37.1 Å². The fraction of sp³-hybridized carbons (Fsp3) is 0.444. The maximum absolute atomic E-state index is 14.1. The number of hydrogen-bond donors (Lipinski definition) is 0. The maximum Gasteiger partial charge on any atom is 0.165 e. The van der Waals surface area contributed by atoms with Crippen LogP contribution >= 0.6 is 0 Å². The van der Waals surface area contributed by atoms with E-state index in [0.29, 0.717) is 19.0 Å². The molecule has 126 valence electrons. The van der Waals surface area contributed by atoms with Gasteiger partial charge in [-0.15, -0.1) is 0 Å². The molecule has 5 nitrogen and oxygen atoms in total. The Balaban J connectivity index is 1.55. The van der Waals surface area contributed by atoms with Crippen LogP contribution in [0.15, 0.2) is 42.7 Å². The highest BCUT2D eigenvalue weighted by Gasteiger charge is 2.41. The van der Waals surface area contributed by atoms with Crippen molar-refractivity contribution < 1.29 is 9.13 Å². The van der Waals surface area contributed by atoms with Gasteiger partial charge in [-0.25, -0.2) is 14.4 Å². The molecule has 4 rings (SSSR count). The largest absolute Gasteiger partial charge is 0.369 e. The SMILES string of the molecule is Fc1cccnc1N1CCC[C@]2(CN(c3ccccn3)CCO2)C1. The zero-order valence-electron chi connectivity index (χ0n) is 13.6. The number of rotatable bonds is 2. The van der Waals surface area contributed by atoms with Gasteiger partial charge in [-0.3, -0.25) is 0 Å². The molecule has 24 heavy (non-hydrogen) atoms. The van der Waals surface area contributed by atoms with Crippen LogP contribution in [0.2, 0.25) is 0 Å². The molecule has 2 aromatic rings. The van der Waals surface area contributed by atoms with Gasteiger partial charge in [0.2, 0.25) is 0 Å². The van der Waals surface area contributed by atoms with Gasteiger partial charge in [-0.1, -0.05) is 6.07 Å². The summed E-state index contributed by atoms with van der Waals surface area (Å²) in [7, 11) is 0. The van der Waals surface area contributed by atoms with Crippen molar-refractivity contribution >= 4 is 11.6 Å². The molecule has 2 saturated heterocycles. The minimum atomic E-state index is -0.294. The number of piperidine rings is 1. The molecule has 0 radical (unpaired) electrons. The third kappa shape index (κ3) is 2.94. The summed E-state index contributed by atoms with van der Waals surface area (Å²) in [6, 6.07) is 9.04. The molecule has 4 heterocycles. The van der Waals surface area contributed by atoms with Crippen molar-refractivity contribution in [1.82, 2.24) is 9.97 Å². The second kappa shape index (κ2) is 6.36. The van der Waals surface area contributed by atoms with E-state index in [2.05, 4.69) is 14.9 Å². The number of nitrogens with zero attached hydrogens (tertiary/aromatic N) is 4. The first-order chi connectivity index (χ1) is 11.8. The van der Waals surface area contributed by atoms with Crippen molar-refractivity contribution in [2.24, 2.45) is 0 Å². The lowest BCUT2D eigenvalue weighted by Gasteiger charge is -2.48. The summed E-state index contributed by atoms with van der Waals surface area (Å²) >= 11 is 0. The molecule has 2 fully saturated rings. The third-order valence-corrected chi connectivity index (χ3v) is 4.80. The van der Waals surface area contributed by atoms with Gasteiger partial charge < -0.3 is 14.5 Å². The third-order valence-electron chi connectivity index (χ3n) is 4.80. The Hall–Kier alpha value is -2.21. The first kappa shape index (κ1) is 15.3. The summed E-state index contributed by atoms with van der Waals surface area (Å²) < 4.78 is 20.3. The first-order valence-corrected chi connectivity index (χ1v) is 8.41. The lowest BCUT2D eigenvalue weighted by molar-refractivity contribution is -0.0632. The van der Waals surface area contributed by atoms with Gasteiger partial charge in [0, 0.05) is 25.5 Å². The number of hydrogen-bond acceptors (Lipinski definition) is 5. The summed E-state index contributed by atoms with van der Waals surface area (Å²) in [5.41, 5.74) is -0.294. The predicted molar refractivity (Wildman–Crippen MR) is 90.8 cm³/mol. The van der Waals surface area contributed by atoms with Crippen molar-refractivity contribution in [3.63, 3.8) is 0 Å². The normalized spacial score (nSPS) is 24.4. The van der Waals surface area contributed by atoms with Gasteiger partial charge in [0.15, 0.2) is 11.6 Å². The van der Waals surface area contributed by atoms with Crippen molar-refractivity contribution in [2.45, 2.75) is 18.4 Å². The smallest absolute Gasteiger partial charge is 0.165 e. The predicted octanol–water partition coefficient (Wildman–Crippen LogP) is 2.49. The first-order valence-electron chi connectivity index (χ1n) is 8.41. The molecule has 2 aromatic heterocycles. The van der Waals surface area contributed by atoms with Crippen LogP contribution < -0.4 is 9.80 Å². The molecule has 0 aliphatic carbocycles. The van der Waals surface area contributed by atoms with E-state index in [-0.39, 0.29) is 11.4 Å². The summed E-state index contributed by atoms with van der Waals surface area (Å²) in [6.07, 6.45) is 5.39. The highest BCUT2D eigenvalue weighted by atomic mass is 19.1.